The van der Waals surface area contributed by atoms with Gasteiger partial charge in [0.05, 0.1) is 25.6 Å². The van der Waals surface area contributed by atoms with Gasteiger partial charge in [-0.3, -0.25) is 9.59 Å². The normalized spacial score (nSPS) is 10.7. The van der Waals surface area contributed by atoms with Crippen LogP contribution in [0.4, 0.5) is 11.4 Å². The molecular weight excluding hydrogens is 504 g/mol. The molecule has 2 amide bonds. The average molecular weight is 527 g/mol. The quantitative estimate of drug-likeness (QED) is 0.290. The van der Waals surface area contributed by atoms with Crippen LogP contribution >= 0.6 is 0 Å². The molecule has 0 saturated carbocycles. The molecule has 0 aliphatic carbocycles. The van der Waals surface area contributed by atoms with E-state index in [1.165, 1.54) is 20.3 Å². The molecule has 39 heavy (non-hydrogen) atoms. The van der Waals surface area contributed by atoms with E-state index in [1.54, 1.807) is 66.7 Å². The van der Waals surface area contributed by atoms with Crippen LogP contribution in [0.15, 0.2) is 82.0 Å². The molecule has 2 heterocycles. The van der Waals surface area contributed by atoms with Crippen molar-refractivity contribution in [1.82, 2.24) is 20.2 Å². The fraction of sp³-hybridized carbons (Fsp3) is 0.111. The summed E-state index contributed by atoms with van der Waals surface area (Å²) >= 11 is 0. The summed E-state index contributed by atoms with van der Waals surface area (Å²) in [6, 6.07) is 20.3. The lowest BCUT2D eigenvalue weighted by Crippen LogP contribution is -2.21. The summed E-state index contributed by atoms with van der Waals surface area (Å²) in [6.07, 6.45) is 0. The van der Waals surface area contributed by atoms with Gasteiger partial charge in [-0.05, 0) is 41.6 Å². The standard InChI is InChI=1S/C27H22N6O6/c1-37-21-12-6-5-11-20(21)28-23(34)15-33-31-25(30-32-33)17-9-3-4-10-19(17)29-26(35)18-14-16-8-7-13-22(38-2)24(16)39-27(18)36/h3-14H,15H2,1-2H3,(H,28,34)(H,29,35). The van der Waals surface area contributed by atoms with Crippen molar-refractivity contribution in [2.45, 2.75) is 6.54 Å². The molecule has 12 nitrogen and oxygen atoms in total. The lowest BCUT2D eigenvalue weighted by Gasteiger charge is -2.09. The second kappa shape index (κ2) is 10.8. The number of hydrogen-bond acceptors (Lipinski definition) is 9. The summed E-state index contributed by atoms with van der Waals surface area (Å²) in [4.78, 5) is 39.3. The van der Waals surface area contributed by atoms with E-state index in [-0.39, 0.29) is 29.4 Å². The number of para-hydroxylation sites is 4. The molecule has 196 valence electrons. The SMILES string of the molecule is COc1ccccc1NC(=O)Cn1nnc(-c2ccccc2NC(=O)c2cc3cccc(OC)c3oc2=O)n1. The van der Waals surface area contributed by atoms with Gasteiger partial charge in [0.1, 0.15) is 17.9 Å². The van der Waals surface area contributed by atoms with Crippen LogP contribution in [0.5, 0.6) is 11.5 Å². The molecule has 0 radical (unpaired) electrons. The number of benzene rings is 3. The largest absolute Gasteiger partial charge is 0.495 e. The predicted octanol–water partition coefficient (Wildman–Crippen LogP) is 3.35. The summed E-state index contributed by atoms with van der Waals surface area (Å²) in [6.45, 7) is -0.207. The zero-order valence-electron chi connectivity index (χ0n) is 20.9. The highest BCUT2D eigenvalue weighted by Crippen LogP contribution is 2.27. The first-order chi connectivity index (χ1) is 19.0. The van der Waals surface area contributed by atoms with E-state index in [2.05, 4.69) is 26.0 Å². The molecule has 2 N–H and O–H groups in total. The van der Waals surface area contributed by atoms with Crippen molar-refractivity contribution >= 4 is 34.2 Å². The molecule has 2 aromatic heterocycles. The number of carbonyl (C=O) groups excluding carboxylic acids is 2. The Balaban J connectivity index is 1.35. The van der Waals surface area contributed by atoms with E-state index in [4.69, 9.17) is 13.9 Å². The van der Waals surface area contributed by atoms with Gasteiger partial charge in [0, 0.05) is 10.9 Å². The number of nitrogens with zero attached hydrogens (tertiary/aromatic N) is 4. The molecule has 0 saturated heterocycles. The minimum Gasteiger partial charge on any atom is -0.495 e. The zero-order valence-corrected chi connectivity index (χ0v) is 20.9. The van der Waals surface area contributed by atoms with Gasteiger partial charge in [0.15, 0.2) is 11.3 Å². The van der Waals surface area contributed by atoms with Gasteiger partial charge < -0.3 is 24.5 Å². The van der Waals surface area contributed by atoms with Crippen LogP contribution in [0, 0.1) is 0 Å². The second-order valence-electron chi connectivity index (χ2n) is 8.22. The molecule has 5 aromatic rings. The van der Waals surface area contributed by atoms with Crippen molar-refractivity contribution in [2.24, 2.45) is 0 Å². The van der Waals surface area contributed by atoms with Crippen LogP contribution in [0.25, 0.3) is 22.4 Å². The molecule has 0 atom stereocenters. The fourth-order valence-electron chi connectivity index (χ4n) is 3.90. The number of hydrogen-bond donors (Lipinski definition) is 2. The lowest BCUT2D eigenvalue weighted by atomic mass is 10.1. The number of amides is 2. The number of methoxy groups -OCH3 is 2. The molecule has 0 bridgehead atoms. The Morgan fingerprint density at radius 3 is 2.41 bits per heavy atom. The zero-order chi connectivity index (χ0) is 27.4. The fourth-order valence-corrected chi connectivity index (χ4v) is 3.90. The van der Waals surface area contributed by atoms with Gasteiger partial charge in [0.2, 0.25) is 11.7 Å². The molecule has 0 unspecified atom stereocenters. The number of tetrazole rings is 1. The van der Waals surface area contributed by atoms with Gasteiger partial charge in [-0.1, -0.05) is 36.4 Å². The van der Waals surface area contributed by atoms with Crippen molar-refractivity contribution < 1.29 is 23.5 Å². The van der Waals surface area contributed by atoms with E-state index >= 15 is 0 Å². The van der Waals surface area contributed by atoms with E-state index in [0.29, 0.717) is 33.8 Å². The van der Waals surface area contributed by atoms with E-state index < -0.39 is 11.5 Å². The van der Waals surface area contributed by atoms with Crippen molar-refractivity contribution in [3.8, 4) is 22.9 Å². The van der Waals surface area contributed by atoms with Crippen molar-refractivity contribution in [2.75, 3.05) is 24.9 Å². The number of fused-ring (bicyclic) bond motifs is 1. The van der Waals surface area contributed by atoms with Crippen LogP contribution in [0.1, 0.15) is 10.4 Å². The minimum atomic E-state index is -0.813. The molecule has 12 heteroatoms. The smallest absolute Gasteiger partial charge is 0.349 e. The molecule has 0 aliphatic rings. The van der Waals surface area contributed by atoms with Crippen LogP contribution in [0.2, 0.25) is 0 Å². The van der Waals surface area contributed by atoms with Crippen molar-refractivity contribution in [3.05, 3.63) is 88.8 Å². The molecule has 0 fully saturated rings. The Bertz CT molecular complexity index is 1740. The van der Waals surface area contributed by atoms with Gasteiger partial charge >= 0.3 is 5.63 Å². The maximum atomic E-state index is 13.1. The highest BCUT2D eigenvalue weighted by Gasteiger charge is 2.19. The van der Waals surface area contributed by atoms with Crippen LogP contribution < -0.4 is 25.7 Å². The minimum absolute atomic E-state index is 0.172. The third-order valence-corrected chi connectivity index (χ3v) is 5.72. The van der Waals surface area contributed by atoms with Crippen LogP contribution in [-0.4, -0.2) is 46.2 Å². The number of nitrogens with one attached hydrogen (secondary N) is 2. The summed E-state index contributed by atoms with van der Waals surface area (Å²) in [5.74, 6) is 0.00969. The maximum Gasteiger partial charge on any atom is 0.349 e. The summed E-state index contributed by atoms with van der Waals surface area (Å²) < 4.78 is 15.8. The van der Waals surface area contributed by atoms with Gasteiger partial charge in [-0.2, -0.15) is 4.80 Å². The third-order valence-electron chi connectivity index (χ3n) is 5.72. The summed E-state index contributed by atoms with van der Waals surface area (Å²) in [5, 5.41) is 18.3. The Morgan fingerprint density at radius 1 is 0.897 bits per heavy atom. The Morgan fingerprint density at radius 2 is 1.62 bits per heavy atom. The average Bonchev–Trinajstić information content (AvgIpc) is 3.40. The van der Waals surface area contributed by atoms with Crippen molar-refractivity contribution in [3.63, 3.8) is 0 Å². The summed E-state index contributed by atoms with van der Waals surface area (Å²) in [7, 11) is 2.97. The first-order valence-corrected chi connectivity index (χ1v) is 11.7. The molecular formula is C27H22N6O6. The van der Waals surface area contributed by atoms with Gasteiger partial charge in [-0.25, -0.2) is 4.79 Å². The van der Waals surface area contributed by atoms with Crippen LogP contribution in [-0.2, 0) is 11.3 Å². The second-order valence-corrected chi connectivity index (χ2v) is 8.22. The first-order valence-electron chi connectivity index (χ1n) is 11.7. The van der Waals surface area contributed by atoms with Gasteiger partial charge in [0.25, 0.3) is 5.91 Å². The molecule has 3 aromatic carbocycles. The Labute approximate surface area is 221 Å². The molecule has 0 aliphatic heterocycles. The number of rotatable bonds is 8. The van der Waals surface area contributed by atoms with Crippen molar-refractivity contribution in [1.29, 1.82) is 0 Å². The van der Waals surface area contributed by atoms with E-state index in [1.807, 2.05) is 0 Å². The maximum absolute atomic E-state index is 13.1. The number of anilines is 2. The topological polar surface area (TPSA) is 150 Å². The van der Waals surface area contributed by atoms with E-state index in [0.717, 1.165) is 4.80 Å². The molecule has 0 spiro atoms. The third kappa shape index (κ3) is 5.30. The monoisotopic (exact) mass is 526 g/mol. The van der Waals surface area contributed by atoms with E-state index in [9.17, 15) is 14.4 Å². The predicted molar refractivity (Wildman–Crippen MR) is 142 cm³/mol. The number of carbonyl (C=O) groups is 2. The highest BCUT2D eigenvalue weighted by molar-refractivity contribution is 6.07. The highest BCUT2D eigenvalue weighted by atomic mass is 16.5. The van der Waals surface area contributed by atoms with Gasteiger partial charge in [-0.15, -0.1) is 10.2 Å². The van der Waals surface area contributed by atoms with Crippen LogP contribution in [0.3, 0.4) is 0 Å². The number of aromatic nitrogens is 4. The first kappa shape index (κ1) is 25.1. The Kier molecular flexibility index (Phi) is 6.99. The Hall–Kier alpha value is -5.52. The lowest BCUT2D eigenvalue weighted by molar-refractivity contribution is -0.117. The summed E-state index contributed by atoms with van der Waals surface area (Å²) in [5.41, 5.74) is 0.537. The molecule has 5 rings (SSSR count). The number of ether oxygens (including phenoxy) is 2.